The van der Waals surface area contributed by atoms with E-state index in [0.717, 1.165) is 28.3 Å². The van der Waals surface area contributed by atoms with Gasteiger partial charge in [-0.2, -0.15) is 0 Å². The number of hydrogen-bond donors (Lipinski definition) is 2. The number of aryl methyl sites for hydroxylation is 1. The van der Waals surface area contributed by atoms with Crippen LogP contribution >= 0.6 is 0 Å². The van der Waals surface area contributed by atoms with Crippen molar-refractivity contribution in [1.29, 1.82) is 0 Å². The largest absolute Gasteiger partial charge is 0.496 e. The highest BCUT2D eigenvalue weighted by atomic mass is 16.5. The fourth-order valence-electron chi connectivity index (χ4n) is 3.18. The number of carbonyl (C=O) groups is 1. The molecule has 0 unspecified atom stereocenters. The monoisotopic (exact) mass is 414 g/mol. The molecular formula is C23H22N6O2. The van der Waals surface area contributed by atoms with Crippen LogP contribution in [0.1, 0.15) is 11.1 Å². The molecule has 0 aliphatic carbocycles. The highest BCUT2D eigenvalue weighted by molar-refractivity contribution is 5.92. The van der Waals surface area contributed by atoms with E-state index in [9.17, 15) is 4.79 Å². The summed E-state index contributed by atoms with van der Waals surface area (Å²) < 4.78 is 7.06. The molecule has 0 spiro atoms. The molecule has 4 rings (SSSR count). The lowest BCUT2D eigenvalue weighted by Gasteiger charge is -2.10. The van der Waals surface area contributed by atoms with Crippen LogP contribution in [0.25, 0.3) is 5.82 Å². The van der Waals surface area contributed by atoms with Crippen LogP contribution in [0, 0.1) is 6.92 Å². The van der Waals surface area contributed by atoms with Crippen molar-refractivity contribution < 1.29 is 9.53 Å². The van der Waals surface area contributed by atoms with Gasteiger partial charge in [0.25, 0.3) is 0 Å². The number of amides is 1. The fraction of sp³-hybridized carbons (Fsp3) is 0.130. The Hall–Kier alpha value is -4.20. The van der Waals surface area contributed by atoms with Crippen molar-refractivity contribution >= 4 is 23.1 Å². The standard InChI is InChI=1S/C23H22N6O2/c1-16-11-17(3-8-20(16)31-2)12-23(30)28-19-6-4-18(5-7-19)27-21-13-22(26-14-25-21)29-10-9-24-15-29/h3-11,13-15H,12H2,1-2H3,(H,28,30)(H,25,26,27). The Morgan fingerprint density at radius 1 is 1.06 bits per heavy atom. The van der Waals surface area contributed by atoms with Gasteiger partial charge in [-0.25, -0.2) is 15.0 Å². The number of hydrogen-bond acceptors (Lipinski definition) is 6. The number of nitrogens with zero attached hydrogens (tertiary/aromatic N) is 4. The molecule has 0 bridgehead atoms. The number of aromatic nitrogens is 4. The zero-order chi connectivity index (χ0) is 21.6. The molecule has 1 amide bonds. The number of methoxy groups -OCH3 is 1. The number of ether oxygens (including phenoxy) is 1. The second-order valence-corrected chi connectivity index (χ2v) is 6.96. The molecule has 2 N–H and O–H groups in total. The van der Waals surface area contributed by atoms with E-state index < -0.39 is 0 Å². The summed E-state index contributed by atoms with van der Waals surface area (Å²) in [5, 5.41) is 6.16. The molecule has 0 aliphatic heterocycles. The predicted octanol–water partition coefficient (Wildman–Crippen LogP) is 3.90. The van der Waals surface area contributed by atoms with Crippen molar-refractivity contribution in [3.05, 3.63) is 84.7 Å². The Balaban J connectivity index is 1.36. The first-order valence-corrected chi connectivity index (χ1v) is 9.71. The lowest BCUT2D eigenvalue weighted by atomic mass is 10.1. The maximum atomic E-state index is 12.4. The summed E-state index contributed by atoms with van der Waals surface area (Å²) in [6.45, 7) is 1.96. The van der Waals surface area contributed by atoms with E-state index in [4.69, 9.17) is 4.74 Å². The van der Waals surface area contributed by atoms with Gasteiger partial charge in [-0.1, -0.05) is 12.1 Å². The van der Waals surface area contributed by atoms with Gasteiger partial charge in [-0.05, 0) is 48.4 Å². The molecular weight excluding hydrogens is 392 g/mol. The maximum absolute atomic E-state index is 12.4. The van der Waals surface area contributed by atoms with Crippen molar-refractivity contribution in [1.82, 2.24) is 19.5 Å². The van der Waals surface area contributed by atoms with Crippen LogP contribution in [0.2, 0.25) is 0 Å². The van der Waals surface area contributed by atoms with Crippen molar-refractivity contribution in [2.24, 2.45) is 0 Å². The third kappa shape index (κ3) is 5.05. The lowest BCUT2D eigenvalue weighted by molar-refractivity contribution is -0.115. The third-order valence-corrected chi connectivity index (χ3v) is 4.69. The molecule has 8 nitrogen and oxygen atoms in total. The second kappa shape index (κ2) is 9.08. The van der Waals surface area contributed by atoms with E-state index in [-0.39, 0.29) is 5.91 Å². The van der Waals surface area contributed by atoms with Gasteiger partial charge in [0.1, 0.15) is 30.0 Å². The molecule has 0 saturated heterocycles. The number of imidazole rings is 1. The van der Waals surface area contributed by atoms with Gasteiger partial charge >= 0.3 is 0 Å². The van der Waals surface area contributed by atoms with Gasteiger partial charge in [0.05, 0.1) is 13.5 Å². The summed E-state index contributed by atoms with van der Waals surface area (Å²) in [4.78, 5) is 24.9. The number of carbonyl (C=O) groups excluding carboxylic acids is 1. The van der Waals surface area contributed by atoms with Crippen LogP contribution < -0.4 is 15.4 Å². The summed E-state index contributed by atoms with van der Waals surface area (Å²) >= 11 is 0. The minimum atomic E-state index is -0.0777. The van der Waals surface area contributed by atoms with Crippen LogP contribution in [0.15, 0.2) is 73.6 Å². The molecule has 31 heavy (non-hydrogen) atoms. The van der Waals surface area contributed by atoms with Crippen LogP contribution in [0.5, 0.6) is 5.75 Å². The SMILES string of the molecule is COc1ccc(CC(=O)Nc2ccc(Nc3cc(-n4ccnc4)ncn3)cc2)cc1C. The molecule has 0 fully saturated rings. The van der Waals surface area contributed by atoms with Gasteiger partial charge in [0.2, 0.25) is 5.91 Å². The van der Waals surface area contributed by atoms with E-state index >= 15 is 0 Å². The van der Waals surface area contributed by atoms with E-state index in [0.29, 0.717) is 18.1 Å². The van der Waals surface area contributed by atoms with E-state index in [1.807, 2.05) is 61.7 Å². The second-order valence-electron chi connectivity index (χ2n) is 6.96. The summed E-state index contributed by atoms with van der Waals surface area (Å²) in [5.41, 5.74) is 3.51. The van der Waals surface area contributed by atoms with Gasteiger partial charge in [-0.3, -0.25) is 9.36 Å². The Labute approximate surface area is 180 Å². The molecule has 0 saturated carbocycles. The summed E-state index contributed by atoms with van der Waals surface area (Å²) in [5.74, 6) is 2.11. The van der Waals surface area contributed by atoms with Crippen molar-refractivity contribution in [3.8, 4) is 11.6 Å². The minimum absolute atomic E-state index is 0.0777. The molecule has 2 heterocycles. The Bertz CT molecular complexity index is 1170. The van der Waals surface area contributed by atoms with E-state index in [2.05, 4.69) is 25.6 Å². The quantitative estimate of drug-likeness (QED) is 0.476. The highest BCUT2D eigenvalue weighted by Gasteiger charge is 2.07. The van der Waals surface area contributed by atoms with E-state index in [1.165, 1.54) is 6.33 Å². The summed E-state index contributed by atoms with van der Waals surface area (Å²) in [6.07, 6.45) is 6.97. The zero-order valence-corrected chi connectivity index (χ0v) is 17.2. The third-order valence-electron chi connectivity index (χ3n) is 4.69. The molecule has 0 aliphatic rings. The number of benzene rings is 2. The lowest BCUT2D eigenvalue weighted by Crippen LogP contribution is -2.14. The van der Waals surface area contributed by atoms with Crippen molar-refractivity contribution in [2.75, 3.05) is 17.7 Å². The highest BCUT2D eigenvalue weighted by Crippen LogP contribution is 2.21. The maximum Gasteiger partial charge on any atom is 0.228 e. The number of nitrogens with one attached hydrogen (secondary N) is 2. The molecule has 2 aromatic carbocycles. The first-order chi connectivity index (χ1) is 15.1. The number of anilines is 3. The van der Waals surface area contributed by atoms with Gasteiger partial charge in [-0.15, -0.1) is 0 Å². The van der Waals surface area contributed by atoms with Crippen molar-refractivity contribution in [2.45, 2.75) is 13.3 Å². The molecule has 8 heteroatoms. The summed E-state index contributed by atoms with van der Waals surface area (Å²) in [6, 6.07) is 15.0. The first kappa shape index (κ1) is 20.1. The van der Waals surface area contributed by atoms with Crippen LogP contribution in [0.3, 0.4) is 0 Å². The summed E-state index contributed by atoms with van der Waals surface area (Å²) in [7, 11) is 1.64. The minimum Gasteiger partial charge on any atom is -0.496 e. The average Bonchev–Trinajstić information content (AvgIpc) is 3.31. The van der Waals surface area contributed by atoms with Gasteiger partial charge in [0, 0.05) is 29.8 Å². The first-order valence-electron chi connectivity index (χ1n) is 9.71. The molecule has 0 atom stereocenters. The average molecular weight is 414 g/mol. The molecule has 4 aromatic rings. The Morgan fingerprint density at radius 3 is 2.58 bits per heavy atom. The van der Waals surface area contributed by atoms with E-state index in [1.54, 1.807) is 24.2 Å². The molecule has 156 valence electrons. The predicted molar refractivity (Wildman–Crippen MR) is 119 cm³/mol. The van der Waals surface area contributed by atoms with Crippen LogP contribution in [-0.2, 0) is 11.2 Å². The van der Waals surface area contributed by atoms with Gasteiger partial charge in [0.15, 0.2) is 0 Å². The zero-order valence-electron chi connectivity index (χ0n) is 17.2. The van der Waals surface area contributed by atoms with Gasteiger partial charge < -0.3 is 15.4 Å². The van der Waals surface area contributed by atoms with Crippen LogP contribution in [-0.4, -0.2) is 32.5 Å². The molecule has 0 radical (unpaired) electrons. The fourth-order valence-corrected chi connectivity index (χ4v) is 3.18. The molecule has 2 aromatic heterocycles. The number of rotatable bonds is 7. The van der Waals surface area contributed by atoms with Crippen LogP contribution in [0.4, 0.5) is 17.2 Å². The van der Waals surface area contributed by atoms with Crippen molar-refractivity contribution in [3.63, 3.8) is 0 Å². The Morgan fingerprint density at radius 2 is 1.87 bits per heavy atom. The normalized spacial score (nSPS) is 10.5. The Kier molecular flexibility index (Phi) is 5.89. The topological polar surface area (TPSA) is 94.0 Å². The smallest absolute Gasteiger partial charge is 0.228 e.